The van der Waals surface area contributed by atoms with Crippen LogP contribution in [0, 0.1) is 13.8 Å². The van der Waals surface area contributed by atoms with Gasteiger partial charge in [-0.15, -0.1) is 0 Å². The van der Waals surface area contributed by atoms with Gasteiger partial charge in [0, 0.05) is 31.0 Å². The molecule has 132 valence electrons. The second-order valence-corrected chi connectivity index (χ2v) is 7.22. The van der Waals surface area contributed by atoms with Crippen molar-refractivity contribution in [1.29, 1.82) is 0 Å². The molecule has 3 heterocycles. The molecule has 25 heavy (non-hydrogen) atoms. The Hall–Kier alpha value is -2.14. The number of aryl methyl sites for hydroxylation is 2. The summed E-state index contributed by atoms with van der Waals surface area (Å²) >= 11 is 0. The van der Waals surface area contributed by atoms with Crippen LogP contribution in [0.15, 0.2) is 24.3 Å². The zero-order valence-electron chi connectivity index (χ0n) is 15.3. The SMILES string of the molecule is Cc1nc2n(c1C)CCN([C@@H](C)C(=O)N1CCCc3ccccc31)C2. The number of carbonyl (C=O) groups is 1. The van der Waals surface area contributed by atoms with E-state index < -0.39 is 0 Å². The molecule has 0 saturated heterocycles. The summed E-state index contributed by atoms with van der Waals surface area (Å²) in [6.07, 6.45) is 2.10. The van der Waals surface area contributed by atoms with Crippen LogP contribution in [0.3, 0.4) is 0 Å². The van der Waals surface area contributed by atoms with E-state index in [1.54, 1.807) is 0 Å². The van der Waals surface area contributed by atoms with Crippen LogP contribution in [0.1, 0.15) is 36.1 Å². The monoisotopic (exact) mass is 338 g/mol. The van der Waals surface area contributed by atoms with Gasteiger partial charge in [0.1, 0.15) is 5.82 Å². The molecule has 2 aliphatic heterocycles. The van der Waals surface area contributed by atoms with E-state index in [1.165, 1.54) is 11.3 Å². The van der Waals surface area contributed by atoms with Gasteiger partial charge in [-0.25, -0.2) is 4.98 Å². The molecule has 0 N–H and O–H groups in total. The highest BCUT2D eigenvalue weighted by Crippen LogP contribution is 2.28. The summed E-state index contributed by atoms with van der Waals surface area (Å²) in [7, 11) is 0. The summed E-state index contributed by atoms with van der Waals surface area (Å²) < 4.78 is 2.29. The summed E-state index contributed by atoms with van der Waals surface area (Å²) in [6.45, 7) is 9.60. The van der Waals surface area contributed by atoms with Crippen molar-refractivity contribution < 1.29 is 4.79 Å². The van der Waals surface area contributed by atoms with Gasteiger partial charge in [-0.2, -0.15) is 0 Å². The lowest BCUT2D eigenvalue weighted by Crippen LogP contribution is -2.50. The molecular formula is C20H26N4O. The first-order valence-electron chi connectivity index (χ1n) is 9.22. The fraction of sp³-hybridized carbons (Fsp3) is 0.500. The average Bonchev–Trinajstić information content (AvgIpc) is 2.93. The Kier molecular flexibility index (Phi) is 4.12. The first-order valence-corrected chi connectivity index (χ1v) is 9.22. The van der Waals surface area contributed by atoms with Gasteiger partial charge in [-0.05, 0) is 45.2 Å². The molecule has 0 bridgehead atoms. The van der Waals surface area contributed by atoms with E-state index in [0.717, 1.165) is 56.2 Å². The molecular weight excluding hydrogens is 312 g/mol. The van der Waals surface area contributed by atoms with Crippen LogP contribution >= 0.6 is 0 Å². The first kappa shape index (κ1) is 16.3. The van der Waals surface area contributed by atoms with Crippen LogP contribution in [-0.4, -0.2) is 39.5 Å². The van der Waals surface area contributed by atoms with Crippen molar-refractivity contribution in [3.05, 3.63) is 47.0 Å². The normalized spacial score (nSPS) is 18.6. The lowest BCUT2D eigenvalue weighted by atomic mass is 10.0. The van der Waals surface area contributed by atoms with E-state index >= 15 is 0 Å². The fourth-order valence-corrected chi connectivity index (χ4v) is 4.11. The molecule has 5 nitrogen and oxygen atoms in total. The van der Waals surface area contributed by atoms with Gasteiger partial charge in [0.15, 0.2) is 0 Å². The predicted octanol–water partition coefficient (Wildman–Crippen LogP) is 2.68. The van der Waals surface area contributed by atoms with Crippen molar-refractivity contribution in [2.24, 2.45) is 0 Å². The Morgan fingerprint density at radius 3 is 2.80 bits per heavy atom. The topological polar surface area (TPSA) is 41.4 Å². The summed E-state index contributed by atoms with van der Waals surface area (Å²) in [5.41, 5.74) is 4.73. The lowest BCUT2D eigenvalue weighted by molar-refractivity contribution is -0.123. The van der Waals surface area contributed by atoms with Crippen LogP contribution in [0.25, 0.3) is 0 Å². The number of aromatic nitrogens is 2. The quantitative estimate of drug-likeness (QED) is 0.845. The Bertz CT molecular complexity index is 810. The van der Waals surface area contributed by atoms with Gasteiger partial charge in [0.25, 0.3) is 0 Å². The molecule has 1 aromatic heterocycles. The molecule has 2 aliphatic rings. The molecule has 0 radical (unpaired) electrons. The highest BCUT2D eigenvalue weighted by Gasteiger charge is 2.32. The van der Waals surface area contributed by atoms with E-state index in [0.29, 0.717) is 0 Å². The number of fused-ring (bicyclic) bond motifs is 2. The smallest absolute Gasteiger partial charge is 0.244 e. The van der Waals surface area contributed by atoms with E-state index in [4.69, 9.17) is 0 Å². The minimum atomic E-state index is -0.128. The number of carbonyl (C=O) groups excluding carboxylic acids is 1. The van der Waals surface area contributed by atoms with Gasteiger partial charge < -0.3 is 9.47 Å². The standard InChI is InChI=1S/C20H26N4O/c1-14-15(2)23-12-11-22(13-19(23)21-14)16(3)20(25)24-10-6-8-17-7-4-5-9-18(17)24/h4-5,7,9,16H,6,8,10-13H2,1-3H3/t16-/m0/s1. The largest absolute Gasteiger partial charge is 0.330 e. The molecule has 0 unspecified atom stereocenters. The number of para-hydroxylation sites is 1. The number of imidazole rings is 1. The van der Waals surface area contributed by atoms with Crippen molar-refractivity contribution in [1.82, 2.24) is 14.5 Å². The van der Waals surface area contributed by atoms with Crippen molar-refractivity contribution >= 4 is 11.6 Å². The Labute approximate surface area is 149 Å². The average molecular weight is 338 g/mol. The van der Waals surface area contributed by atoms with E-state index in [-0.39, 0.29) is 11.9 Å². The molecule has 5 heteroatoms. The van der Waals surface area contributed by atoms with Crippen molar-refractivity contribution in [2.75, 3.05) is 18.0 Å². The highest BCUT2D eigenvalue weighted by molar-refractivity contribution is 5.98. The number of amides is 1. The van der Waals surface area contributed by atoms with Crippen molar-refractivity contribution in [2.45, 2.75) is 52.7 Å². The number of rotatable bonds is 2. The predicted molar refractivity (Wildman–Crippen MR) is 98.7 cm³/mol. The van der Waals surface area contributed by atoms with Crippen LogP contribution in [0.5, 0.6) is 0 Å². The van der Waals surface area contributed by atoms with E-state index in [1.807, 2.05) is 17.9 Å². The summed E-state index contributed by atoms with van der Waals surface area (Å²) in [4.78, 5) is 22.1. The second kappa shape index (κ2) is 6.30. The number of benzene rings is 1. The molecule has 1 aromatic carbocycles. The third-order valence-corrected chi connectivity index (χ3v) is 5.77. The lowest BCUT2D eigenvalue weighted by Gasteiger charge is -2.37. The van der Waals surface area contributed by atoms with Gasteiger partial charge >= 0.3 is 0 Å². The summed E-state index contributed by atoms with van der Waals surface area (Å²) in [5.74, 6) is 1.29. The first-order chi connectivity index (χ1) is 12.1. The summed E-state index contributed by atoms with van der Waals surface area (Å²) in [6, 6.07) is 8.18. The second-order valence-electron chi connectivity index (χ2n) is 7.22. The Morgan fingerprint density at radius 1 is 1.16 bits per heavy atom. The van der Waals surface area contributed by atoms with Gasteiger partial charge in [0.2, 0.25) is 5.91 Å². The molecule has 0 aliphatic carbocycles. The minimum absolute atomic E-state index is 0.128. The molecule has 4 rings (SSSR count). The minimum Gasteiger partial charge on any atom is -0.330 e. The molecule has 0 spiro atoms. The number of hydrogen-bond acceptors (Lipinski definition) is 3. The third kappa shape index (κ3) is 2.76. The number of hydrogen-bond donors (Lipinski definition) is 0. The maximum absolute atomic E-state index is 13.2. The molecule has 2 aromatic rings. The zero-order valence-corrected chi connectivity index (χ0v) is 15.3. The van der Waals surface area contributed by atoms with Crippen molar-refractivity contribution in [3.8, 4) is 0 Å². The van der Waals surface area contributed by atoms with E-state index in [2.05, 4.69) is 46.5 Å². The molecule has 0 fully saturated rings. The molecule has 1 atom stereocenters. The third-order valence-electron chi connectivity index (χ3n) is 5.77. The van der Waals surface area contributed by atoms with Crippen LogP contribution < -0.4 is 4.90 Å². The Balaban J connectivity index is 1.54. The van der Waals surface area contributed by atoms with Crippen LogP contribution in [0.4, 0.5) is 5.69 Å². The van der Waals surface area contributed by atoms with Crippen LogP contribution in [-0.2, 0) is 24.3 Å². The Morgan fingerprint density at radius 2 is 1.96 bits per heavy atom. The highest BCUT2D eigenvalue weighted by atomic mass is 16.2. The fourth-order valence-electron chi connectivity index (χ4n) is 4.11. The molecule has 1 amide bonds. The van der Waals surface area contributed by atoms with Gasteiger partial charge in [-0.3, -0.25) is 9.69 Å². The van der Waals surface area contributed by atoms with E-state index in [9.17, 15) is 4.79 Å². The van der Waals surface area contributed by atoms with Crippen LogP contribution in [0.2, 0.25) is 0 Å². The molecule has 0 saturated carbocycles. The summed E-state index contributed by atoms with van der Waals surface area (Å²) in [5, 5.41) is 0. The number of nitrogens with zero attached hydrogens (tertiary/aromatic N) is 4. The van der Waals surface area contributed by atoms with Gasteiger partial charge in [0.05, 0.1) is 18.3 Å². The maximum Gasteiger partial charge on any atom is 0.244 e. The van der Waals surface area contributed by atoms with Gasteiger partial charge in [-0.1, -0.05) is 18.2 Å². The zero-order chi connectivity index (χ0) is 17.6. The maximum atomic E-state index is 13.2. The van der Waals surface area contributed by atoms with Crippen molar-refractivity contribution in [3.63, 3.8) is 0 Å². The number of anilines is 1.